The maximum atomic E-state index is 12.4. The summed E-state index contributed by atoms with van der Waals surface area (Å²) in [6.07, 6.45) is -1.11. The Kier molecular flexibility index (Phi) is 7.61. The van der Waals surface area contributed by atoms with Gasteiger partial charge in [0.05, 0.1) is 24.3 Å². The van der Waals surface area contributed by atoms with Crippen LogP contribution >= 0.6 is 0 Å². The molecule has 1 heterocycles. The number of carbonyl (C=O) groups excluding carboxylic acids is 1. The van der Waals surface area contributed by atoms with Crippen LogP contribution in [0.15, 0.2) is 60.7 Å². The Morgan fingerprint density at radius 1 is 1.07 bits per heavy atom. The number of aliphatic hydroxyl groups excluding tert-OH is 3. The standard InChI is InChI=1S/C24H32N2O4/c1-2-25-21(28)15-24(23(30)22(29)20(16-27)26-24)14-13-19(17-9-5-3-6-10-17)18-11-7-4-8-12-18/h3-12,19-20,22-23,26-27,29-30H,2,13-16H2,1H3,(H,25,28)/t20-,22-,23+,24-/m1/s1. The number of hydrogen-bond acceptors (Lipinski definition) is 5. The minimum Gasteiger partial charge on any atom is -0.395 e. The Hall–Kier alpha value is -2.25. The van der Waals surface area contributed by atoms with Crippen LogP contribution in [0, 0.1) is 0 Å². The van der Waals surface area contributed by atoms with Gasteiger partial charge in [-0.15, -0.1) is 0 Å². The first kappa shape index (κ1) is 22.4. The third-order valence-corrected chi connectivity index (χ3v) is 6.10. The van der Waals surface area contributed by atoms with Crippen LogP contribution < -0.4 is 10.6 Å². The Morgan fingerprint density at radius 3 is 2.10 bits per heavy atom. The highest BCUT2D eigenvalue weighted by Gasteiger charge is 2.52. The molecule has 0 aromatic heterocycles. The van der Waals surface area contributed by atoms with Gasteiger partial charge in [-0.05, 0) is 30.9 Å². The third-order valence-electron chi connectivity index (χ3n) is 6.10. The molecule has 1 aliphatic heterocycles. The number of amides is 1. The molecule has 5 N–H and O–H groups in total. The molecule has 0 bridgehead atoms. The summed E-state index contributed by atoms with van der Waals surface area (Å²) in [7, 11) is 0. The minimum absolute atomic E-state index is 0.0336. The van der Waals surface area contributed by atoms with Crippen LogP contribution in [0.1, 0.15) is 43.2 Å². The van der Waals surface area contributed by atoms with Gasteiger partial charge in [0.25, 0.3) is 0 Å². The SMILES string of the molecule is CCNC(=O)C[C@@]1(CCC(c2ccccc2)c2ccccc2)N[C@H](CO)[C@@H](O)[C@@H]1O. The van der Waals surface area contributed by atoms with Crippen molar-refractivity contribution in [3.05, 3.63) is 71.8 Å². The fraction of sp³-hybridized carbons (Fsp3) is 0.458. The molecule has 1 aliphatic rings. The van der Waals surface area contributed by atoms with Gasteiger partial charge < -0.3 is 26.0 Å². The fourth-order valence-electron chi connectivity index (χ4n) is 4.55. The van der Waals surface area contributed by atoms with Crippen molar-refractivity contribution < 1.29 is 20.1 Å². The molecule has 4 atom stereocenters. The summed E-state index contributed by atoms with van der Waals surface area (Å²) >= 11 is 0. The van der Waals surface area contributed by atoms with E-state index in [1.54, 1.807) is 0 Å². The largest absolute Gasteiger partial charge is 0.395 e. The van der Waals surface area contributed by atoms with Crippen molar-refractivity contribution in [3.63, 3.8) is 0 Å². The number of rotatable bonds is 9. The van der Waals surface area contributed by atoms with E-state index in [0.717, 1.165) is 11.1 Å². The van der Waals surface area contributed by atoms with Crippen molar-refractivity contribution >= 4 is 5.91 Å². The first-order valence-electron chi connectivity index (χ1n) is 10.6. The molecule has 6 heteroatoms. The molecule has 30 heavy (non-hydrogen) atoms. The van der Waals surface area contributed by atoms with E-state index in [0.29, 0.717) is 19.4 Å². The molecule has 0 radical (unpaired) electrons. The van der Waals surface area contributed by atoms with Crippen molar-refractivity contribution in [2.75, 3.05) is 13.2 Å². The quantitative estimate of drug-likeness (QED) is 0.430. The van der Waals surface area contributed by atoms with Crippen LogP contribution in [0.2, 0.25) is 0 Å². The summed E-state index contributed by atoms with van der Waals surface area (Å²) in [6.45, 7) is 2.03. The van der Waals surface area contributed by atoms with Crippen LogP contribution in [0.4, 0.5) is 0 Å². The highest BCUT2D eigenvalue weighted by molar-refractivity contribution is 5.77. The summed E-state index contributed by atoms with van der Waals surface area (Å²) in [5, 5.41) is 36.9. The molecule has 6 nitrogen and oxygen atoms in total. The molecular weight excluding hydrogens is 380 g/mol. The molecule has 1 amide bonds. The zero-order chi connectivity index (χ0) is 21.6. The van der Waals surface area contributed by atoms with E-state index in [2.05, 4.69) is 34.9 Å². The molecule has 0 aliphatic carbocycles. The van der Waals surface area contributed by atoms with Crippen LogP contribution in [-0.2, 0) is 4.79 Å². The highest BCUT2D eigenvalue weighted by atomic mass is 16.3. The Labute approximate surface area is 178 Å². The van der Waals surface area contributed by atoms with Crippen molar-refractivity contribution in [1.82, 2.24) is 10.6 Å². The lowest BCUT2D eigenvalue weighted by molar-refractivity contribution is -0.124. The second-order valence-electron chi connectivity index (χ2n) is 8.07. The first-order chi connectivity index (χ1) is 14.5. The lowest BCUT2D eigenvalue weighted by atomic mass is 9.79. The van der Waals surface area contributed by atoms with Crippen LogP contribution in [-0.4, -0.2) is 58.2 Å². The molecule has 0 spiro atoms. The lowest BCUT2D eigenvalue weighted by Crippen LogP contribution is -2.53. The molecule has 162 valence electrons. The molecule has 0 saturated carbocycles. The summed E-state index contributed by atoms with van der Waals surface area (Å²) in [5.74, 6) is -0.108. The van der Waals surface area contributed by atoms with E-state index in [4.69, 9.17) is 0 Å². The molecular formula is C24H32N2O4. The predicted molar refractivity (Wildman–Crippen MR) is 116 cm³/mol. The van der Waals surface area contributed by atoms with Gasteiger partial charge in [0, 0.05) is 18.9 Å². The number of aliphatic hydroxyl groups is 3. The zero-order valence-corrected chi connectivity index (χ0v) is 17.4. The number of benzene rings is 2. The smallest absolute Gasteiger partial charge is 0.221 e. The first-order valence-corrected chi connectivity index (χ1v) is 10.6. The van der Waals surface area contributed by atoms with Gasteiger partial charge in [0.15, 0.2) is 0 Å². The maximum Gasteiger partial charge on any atom is 0.221 e. The molecule has 1 saturated heterocycles. The second-order valence-corrected chi connectivity index (χ2v) is 8.07. The van der Waals surface area contributed by atoms with E-state index in [1.807, 2.05) is 43.3 Å². The summed E-state index contributed by atoms with van der Waals surface area (Å²) < 4.78 is 0. The van der Waals surface area contributed by atoms with Crippen LogP contribution in [0.5, 0.6) is 0 Å². The minimum atomic E-state index is -1.15. The average molecular weight is 413 g/mol. The zero-order valence-electron chi connectivity index (χ0n) is 17.4. The van der Waals surface area contributed by atoms with Gasteiger partial charge in [0.1, 0.15) is 6.10 Å². The fourth-order valence-corrected chi connectivity index (χ4v) is 4.55. The molecule has 1 fully saturated rings. The Balaban J connectivity index is 1.88. The Bertz CT molecular complexity index is 762. The molecule has 3 rings (SSSR count). The highest BCUT2D eigenvalue weighted by Crippen LogP contribution is 2.37. The average Bonchev–Trinajstić information content (AvgIpc) is 3.00. The number of hydrogen-bond donors (Lipinski definition) is 5. The topological polar surface area (TPSA) is 102 Å². The van der Waals surface area contributed by atoms with Crippen LogP contribution in [0.25, 0.3) is 0 Å². The van der Waals surface area contributed by atoms with Gasteiger partial charge in [-0.25, -0.2) is 0 Å². The van der Waals surface area contributed by atoms with Crippen molar-refractivity contribution in [2.45, 2.75) is 55.9 Å². The number of carbonyl (C=O) groups is 1. The predicted octanol–water partition coefficient (Wildman–Crippen LogP) is 1.55. The van der Waals surface area contributed by atoms with E-state index < -0.39 is 23.8 Å². The summed E-state index contributed by atoms with van der Waals surface area (Å²) in [6, 6.07) is 19.6. The summed E-state index contributed by atoms with van der Waals surface area (Å²) in [5.41, 5.74) is 1.31. The van der Waals surface area contributed by atoms with Gasteiger partial charge in [-0.2, -0.15) is 0 Å². The van der Waals surface area contributed by atoms with Gasteiger partial charge in [0.2, 0.25) is 5.91 Å². The van der Waals surface area contributed by atoms with Crippen molar-refractivity contribution in [1.29, 1.82) is 0 Å². The third kappa shape index (κ3) is 4.90. The van der Waals surface area contributed by atoms with Crippen LogP contribution in [0.3, 0.4) is 0 Å². The lowest BCUT2D eigenvalue weighted by Gasteiger charge is -2.34. The number of nitrogens with one attached hydrogen (secondary N) is 2. The van der Waals surface area contributed by atoms with Crippen molar-refractivity contribution in [2.24, 2.45) is 0 Å². The normalized spacial score (nSPS) is 26.1. The van der Waals surface area contributed by atoms with Gasteiger partial charge in [-0.3, -0.25) is 4.79 Å². The Morgan fingerprint density at radius 2 is 1.63 bits per heavy atom. The molecule has 2 aromatic carbocycles. The monoisotopic (exact) mass is 412 g/mol. The van der Waals surface area contributed by atoms with E-state index >= 15 is 0 Å². The van der Waals surface area contributed by atoms with E-state index in [9.17, 15) is 20.1 Å². The second kappa shape index (κ2) is 10.2. The van der Waals surface area contributed by atoms with Crippen molar-refractivity contribution in [3.8, 4) is 0 Å². The van der Waals surface area contributed by atoms with Gasteiger partial charge in [-0.1, -0.05) is 60.7 Å². The van der Waals surface area contributed by atoms with Gasteiger partial charge >= 0.3 is 0 Å². The molecule has 2 aromatic rings. The maximum absolute atomic E-state index is 12.4. The van der Waals surface area contributed by atoms with E-state index in [-0.39, 0.29) is 24.9 Å². The molecule has 0 unspecified atom stereocenters. The van der Waals surface area contributed by atoms with E-state index in [1.165, 1.54) is 0 Å². The summed E-state index contributed by atoms with van der Waals surface area (Å²) in [4.78, 5) is 12.4.